The molecule has 0 aliphatic heterocycles. The van der Waals surface area contributed by atoms with E-state index in [0.717, 1.165) is 37.8 Å². The molecule has 0 aromatic carbocycles. The van der Waals surface area contributed by atoms with Crippen molar-refractivity contribution in [2.24, 2.45) is 11.8 Å². The number of nitrogens with zero attached hydrogens (tertiary/aromatic N) is 3. The van der Waals surface area contributed by atoms with Crippen molar-refractivity contribution >= 4 is 11.8 Å². The van der Waals surface area contributed by atoms with E-state index in [-0.39, 0.29) is 22.9 Å². The molecule has 0 saturated heterocycles. The maximum Gasteiger partial charge on any atom is 0.271 e. The van der Waals surface area contributed by atoms with Gasteiger partial charge in [0.25, 0.3) is 11.8 Å². The molecule has 2 atom stereocenters. The second-order valence-electron chi connectivity index (χ2n) is 9.79. The maximum absolute atomic E-state index is 13.2. The Labute approximate surface area is 187 Å². The summed E-state index contributed by atoms with van der Waals surface area (Å²) in [4.78, 5) is 38.8. The van der Waals surface area contributed by atoms with Crippen LogP contribution in [-0.4, -0.2) is 44.5 Å². The normalized spacial score (nSPS) is 30.1. The molecule has 6 rings (SSSR count). The van der Waals surface area contributed by atoms with Crippen molar-refractivity contribution in [3.05, 3.63) is 47.7 Å². The van der Waals surface area contributed by atoms with Gasteiger partial charge in [-0.1, -0.05) is 0 Å². The van der Waals surface area contributed by atoms with Crippen LogP contribution in [0.5, 0.6) is 5.88 Å². The first-order chi connectivity index (χ1) is 15.4. The smallest absolute Gasteiger partial charge is 0.271 e. The number of hydrogen-bond acceptors (Lipinski definition) is 6. The average Bonchev–Trinajstić information content (AvgIpc) is 2.72. The summed E-state index contributed by atoms with van der Waals surface area (Å²) in [6.45, 7) is 4.22. The number of carbonyl (C=O) groups is 2. The molecule has 2 aromatic heterocycles. The molecular weight excluding hydrogens is 406 g/mol. The molecule has 168 valence electrons. The Kier molecular flexibility index (Phi) is 5.10. The van der Waals surface area contributed by atoms with Crippen LogP contribution in [0.2, 0.25) is 0 Å². The first kappa shape index (κ1) is 20.8. The third-order valence-electron chi connectivity index (χ3n) is 7.10. The molecule has 4 bridgehead atoms. The Bertz CT molecular complexity index is 1040. The van der Waals surface area contributed by atoms with Crippen LogP contribution in [0.1, 0.15) is 72.0 Å². The number of amides is 2. The van der Waals surface area contributed by atoms with E-state index in [1.807, 2.05) is 13.8 Å². The largest absolute Gasteiger partial charge is 0.478 e. The van der Waals surface area contributed by atoms with Gasteiger partial charge in [0.15, 0.2) is 0 Å². The van der Waals surface area contributed by atoms with Crippen molar-refractivity contribution in [3.63, 3.8) is 0 Å². The van der Waals surface area contributed by atoms with Crippen molar-refractivity contribution in [2.45, 2.75) is 63.5 Å². The minimum Gasteiger partial charge on any atom is -0.478 e. The SMILES string of the molecule is CCOc1cc(C(=O)NC23CC4CC(C2)CC(NC(=O)c2cncc(C)n2)(C4)C3)ccn1. The Hall–Kier alpha value is -3.03. The molecule has 2 amide bonds. The molecule has 32 heavy (non-hydrogen) atoms. The first-order valence-electron chi connectivity index (χ1n) is 11.4. The summed E-state index contributed by atoms with van der Waals surface area (Å²) >= 11 is 0. The zero-order valence-corrected chi connectivity index (χ0v) is 18.6. The van der Waals surface area contributed by atoms with E-state index in [1.54, 1.807) is 24.5 Å². The third kappa shape index (κ3) is 3.94. The standard InChI is InChI=1S/C24H29N5O3/c1-3-32-20-7-18(4-5-26-20)21(30)28-23-8-16-6-17(9-23)11-24(10-16,14-23)29-22(31)19-13-25-12-15(2)27-19/h4-5,7,12-13,16-17H,3,6,8-11,14H2,1-2H3,(H,28,30)(H,29,31). The lowest BCUT2D eigenvalue weighted by Gasteiger charge is -2.62. The molecule has 8 heteroatoms. The number of aryl methyl sites for hydroxylation is 1. The Morgan fingerprint density at radius 3 is 2.44 bits per heavy atom. The van der Waals surface area contributed by atoms with Crippen molar-refractivity contribution in [2.75, 3.05) is 6.61 Å². The zero-order valence-electron chi connectivity index (χ0n) is 18.6. The molecule has 2 N–H and O–H groups in total. The molecule has 2 heterocycles. The van der Waals surface area contributed by atoms with E-state index < -0.39 is 0 Å². The van der Waals surface area contributed by atoms with Gasteiger partial charge in [-0.25, -0.2) is 9.97 Å². The van der Waals surface area contributed by atoms with Crippen molar-refractivity contribution in [1.29, 1.82) is 0 Å². The van der Waals surface area contributed by atoms with E-state index in [4.69, 9.17) is 4.74 Å². The van der Waals surface area contributed by atoms with Crippen LogP contribution in [0, 0.1) is 18.8 Å². The molecular formula is C24H29N5O3. The van der Waals surface area contributed by atoms with E-state index in [1.165, 1.54) is 12.6 Å². The molecule has 2 aromatic rings. The van der Waals surface area contributed by atoms with Crippen LogP contribution in [0.25, 0.3) is 0 Å². The molecule has 0 radical (unpaired) electrons. The van der Waals surface area contributed by atoms with Gasteiger partial charge < -0.3 is 15.4 Å². The first-order valence-corrected chi connectivity index (χ1v) is 11.4. The molecule has 8 nitrogen and oxygen atoms in total. The van der Waals surface area contributed by atoms with Gasteiger partial charge in [0.05, 0.1) is 18.5 Å². The van der Waals surface area contributed by atoms with E-state index in [2.05, 4.69) is 25.6 Å². The summed E-state index contributed by atoms with van der Waals surface area (Å²) in [5.74, 6) is 1.16. The zero-order chi connectivity index (χ0) is 22.3. The summed E-state index contributed by atoms with van der Waals surface area (Å²) in [5, 5.41) is 6.66. The highest BCUT2D eigenvalue weighted by molar-refractivity contribution is 5.95. The third-order valence-corrected chi connectivity index (χ3v) is 7.10. The van der Waals surface area contributed by atoms with Crippen LogP contribution in [0.3, 0.4) is 0 Å². The van der Waals surface area contributed by atoms with Crippen molar-refractivity contribution in [1.82, 2.24) is 25.6 Å². The Morgan fingerprint density at radius 2 is 1.78 bits per heavy atom. The molecule has 0 spiro atoms. The minimum atomic E-state index is -0.311. The summed E-state index contributed by atoms with van der Waals surface area (Å²) in [6.07, 6.45) is 10.5. The van der Waals surface area contributed by atoms with E-state index >= 15 is 0 Å². The second-order valence-corrected chi connectivity index (χ2v) is 9.79. The van der Waals surface area contributed by atoms with Gasteiger partial charge in [-0.3, -0.25) is 14.6 Å². The van der Waals surface area contributed by atoms with Gasteiger partial charge in [-0.2, -0.15) is 0 Å². The van der Waals surface area contributed by atoms with Gasteiger partial charge in [0.1, 0.15) is 5.69 Å². The highest BCUT2D eigenvalue weighted by Crippen LogP contribution is 2.57. The van der Waals surface area contributed by atoms with E-state index in [9.17, 15) is 9.59 Å². The van der Waals surface area contributed by atoms with Gasteiger partial charge >= 0.3 is 0 Å². The number of nitrogens with one attached hydrogen (secondary N) is 2. The molecule has 2 unspecified atom stereocenters. The number of ether oxygens (including phenoxy) is 1. The van der Waals surface area contributed by atoms with Gasteiger partial charge in [0, 0.05) is 35.1 Å². The summed E-state index contributed by atoms with van der Waals surface area (Å²) in [5.41, 5.74) is 0.998. The van der Waals surface area contributed by atoms with Crippen LogP contribution in [0.15, 0.2) is 30.7 Å². The summed E-state index contributed by atoms with van der Waals surface area (Å²) in [7, 11) is 0. The van der Waals surface area contributed by atoms with Crippen molar-refractivity contribution in [3.8, 4) is 5.88 Å². The van der Waals surface area contributed by atoms with Crippen molar-refractivity contribution < 1.29 is 14.3 Å². The lowest BCUT2D eigenvalue weighted by molar-refractivity contribution is -0.0448. The lowest BCUT2D eigenvalue weighted by atomic mass is 9.49. The minimum absolute atomic E-state index is 0.110. The topological polar surface area (TPSA) is 106 Å². The fourth-order valence-corrected chi connectivity index (χ4v) is 6.52. The van der Waals surface area contributed by atoms with Crippen LogP contribution >= 0.6 is 0 Å². The number of rotatable bonds is 6. The molecule has 4 saturated carbocycles. The van der Waals surface area contributed by atoms with Gasteiger partial charge in [-0.15, -0.1) is 0 Å². The van der Waals surface area contributed by atoms with Crippen LogP contribution in [0.4, 0.5) is 0 Å². The van der Waals surface area contributed by atoms with Gasteiger partial charge in [0.2, 0.25) is 5.88 Å². The highest BCUT2D eigenvalue weighted by Gasteiger charge is 2.58. The molecule has 4 fully saturated rings. The molecule has 4 aliphatic rings. The predicted octanol–water partition coefficient (Wildman–Crippen LogP) is 2.83. The quantitative estimate of drug-likeness (QED) is 0.723. The summed E-state index contributed by atoms with van der Waals surface area (Å²) < 4.78 is 5.45. The lowest BCUT2D eigenvalue weighted by Crippen LogP contribution is -2.69. The maximum atomic E-state index is 13.2. The fourth-order valence-electron chi connectivity index (χ4n) is 6.52. The summed E-state index contributed by atoms with van der Waals surface area (Å²) in [6, 6.07) is 3.40. The second kappa shape index (κ2) is 7.83. The number of hydrogen-bond donors (Lipinski definition) is 2. The Morgan fingerprint density at radius 1 is 1.09 bits per heavy atom. The molecule has 4 aliphatic carbocycles. The predicted molar refractivity (Wildman–Crippen MR) is 117 cm³/mol. The monoisotopic (exact) mass is 435 g/mol. The van der Waals surface area contributed by atoms with Gasteiger partial charge in [-0.05, 0) is 70.3 Å². The Balaban J connectivity index is 1.36. The highest BCUT2D eigenvalue weighted by atomic mass is 16.5. The number of aromatic nitrogens is 3. The number of pyridine rings is 1. The fraction of sp³-hybridized carbons (Fsp3) is 0.542. The number of carbonyl (C=O) groups excluding carboxylic acids is 2. The van der Waals surface area contributed by atoms with Crippen LogP contribution < -0.4 is 15.4 Å². The van der Waals surface area contributed by atoms with E-state index in [0.29, 0.717) is 35.6 Å². The average molecular weight is 436 g/mol. The van der Waals surface area contributed by atoms with Crippen LogP contribution in [-0.2, 0) is 0 Å².